The van der Waals surface area contributed by atoms with E-state index in [0.717, 1.165) is 5.56 Å². The first-order chi connectivity index (χ1) is 10.2. The van der Waals surface area contributed by atoms with Crippen LogP contribution in [-0.2, 0) is 6.42 Å². The lowest BCUT2D eigenvalue weighted by Gasteiger charge is -2.08. The summed E-state index contributed by atoms with van der Waals surface area (Å²) >= 11 is 0. The average molecular weight is 285 g/mol. The molecule has 1 aromatic heterocycles. The van der Waals surface area contributed by atoms with Gasteiger partial charge in [0.05, 0.1) is 19.1 Å². The van der Waals surface area contributed by atoms with Crippen molar-refractivity contribution < 1.29 is 9.47 Å². The summed E-state index contributed by atoms with van der Waals surface area (Å²) in [5.41, 5.74) is 0.923. The Morgan fingerprint density at radius 2 is 1.86 bits per heavy atom. The normalized spacial score (nSPS) is 9.76. The van der Waals surface area contributed by atoms with E-state index in [1.807, 2.05) is 19.1 Å². The van der Waals surface area contributed by atoms with Crippen LogP contribution in [0, 0.1) is 11.3 Å². The Hall–Kier alpha value is -2.88. The van der Waals surface area contributed by atoms with Crippen LogP contribution in [0.2, 0.25) is 0 Å². The third-order valence-corrected chi connectivity index (χ3v) is 2.51. The van der Waals surface area contributed by atoms with Crippen LogP contribution in [-0.4, -0.2) is 28.6 Å². The van der Waals surface area contributed by atoms with Crippen LogP contribution < -0.4 is 14.8 Å². The molecule has 0 atom stereocenters. The van der Waals surface area contributed by atoms with Gasteiger partial charge in [0.25, 0.3) is 0 Å². The summed E-state index contributed by atoms with van der Waals surface area (Å²) in [6.45, 7) is 2.30. The third-order valence-electron chi connectivity index (χ3n) is 2.51. The molecule has 108 valence electrons. The van der Waals surface area contributed by atoms with Crippen molar-refractivity contribution in [1.82, 2.24) is 15.0 Å². The molecule has 7 heteroatoms. The molecule has 1 aromatic carbocycles. The molecule has 0 unspecified atom stereocenters. The fourth-order valence-electron chi connectivity index (χ4n) is 1.56. The van der Waals surface area contributed by atoms with Gasteiger partial charge in [0.1, 0.15) is 5.75 Å². The van der Waals surface area contributed by atoms with Crippen molar-refractivity contribution in [2.75, 3.05) is 19.0 Å². The average Bonchev–Trinajstić information content (AvgIpc) is 2.49. The van der Waals surface area contributed by atoms with E-state index in [9.17, 15) is 0 Å². The molecule has 7 nitrogen and oxygen atoms in total. The molecule has 0 saturated heterocycles. The van der Waals surface area contributed by atoms with Gasteiger partial charge in [0.2, 0.25) is 5.95 Å². The number of anilines is 1. The monoisotopic (exact) mass is 285 g/mol. The van der Waals surface area contributed by atoms with Crippen molar-refractivity contribution in [2.45, 2.75) is 13.3 Å². The standard InChI is InChI=1S/C14H15N5O2/c1-3-20-13-17-12(16-2)18-14(19-13)21-11-6-4-10(5-7-11)8-9-15/h4-7H,3,8H2,1-2H3,(H,16,17,18,19). The second-order valence-electron chi connectivity index (χ2n) is 3.99. The lowest BCUT2D eigenvalue weighted by molar-refractivity contribution is 0.304. The molecule has 0 bridgehead atoms. The maximum absolute atomic E-state index is 8.63. The number of nitriles is 1. The first kappa shape index (κ1) is 14.5. The fraction of sp³-hybridized carbons (Fsp3) is 0.286. The van der Waals surface area contributed by atoms with E-state index in [1.54, 1.807) is 19.2 Å². The highest BCUT2D eigenvalue weighted by Gasteiger charge is 2.08. The van der Waals surface area contributed by atoms with Gasteiger partial charge in [-0.1, -0.05) is 12.1 Å². The minimum atomic E-state index is 0.144. The van der Waals surface area contributed by atoms with Crippen LogP contribution in [0.1, 0.15) is 12.5 Å². The molecule has 0 fully saturated rings. The highest BCUT2D eigenvalue weighted by molar-refractivity contribution is 5.32. The maximum atomic E-state index is 8.63. The highest BCUT2D eigenvalue weighted by Crippen LogP contribution is 2.21. The van der Waals surface area contributed by atoms with Crippen molar-refractivity contribution in [3.8, 4) is 23.8 Å². The zero-order valence-corrected chi connectivity index (χ0v) is 11.8. The number of nitrogens with zero attached hydrogens (tertiary/aromatic N) is 4. The lowest BCUT2D eigenvalue weighted by Crippen LogP contribution is -2.05. The second kappa shape index (κ2) is 7.05. The zero-order valence-electron chi connectivity index (χ0n) is 11.8. The quantitative estimate of drug-likeness (QED) is 0.869. The number of ether oxygens (including phenoxy) is 2. The van der Waals surface area contributed by atoms with E-state index in [2.05, 4.69) is 26.3 Å². The van der Waals surface area contributed by atoms with Gasteiger partial charge < -0.3 is 14.8 Å². The molecule has 0 aliphatic carbocycles. The van der Waals surface area contributed by atoms with Gasteiger partial charge in [-0.05, 0) is 24.6 Å². The Kier molecular flexibility index (Phi) is 4.88. The summed E-state index contributed by atoms with van der Waals surface area (Å²) in [6.07, 6.45) is 0.366. The van der Waals surface area contributed by atoms with Gasteiger partial charge >= 0.3 is 12.0 Å². The summed E-state index contributed by atoms with van der Waals surface area (Å²) in [4.78, 5) is 12.2. The molecule has 1 N–H and O–H groups in total. The van der Waals surface area contributed by atoms with Crippen LogP contribution in [0.25, 0.3) is 0 Å². The largest absolute Gasteiger partial charge is 0.464 e. The SMILES string of the molecule is CCOc1nc(NC)nc(Oc2ccc(CC#N)cc2)n1. The molecule has 0 radical (unpaired) electrons. The van der Waals surface area contributed by atoms with Crippen LogP contribution >= 0.6 is 0 Å². The van der Waals surface area contributed by atoms with E-state index >= 15 is 0 Å². The summed E-state index contributed by atoms with van der Waals surface area (Å²) in [6, 6.07) is 9.60. The molecule has 0 amide bonds. The first-order valence-corrected chi connectivity index (χ1v) is 6.45. The maximum Gasteiger partial charge on any atom is 0.330 e. The molecule has 2 rings (SSSR count). The minimum Gasteiger partial charge on any atom is -0.464 e. The van der Waals surface area contributed by atoms with Gasteiger partial charge in [-0.3, -0.25) is 0 Å². The Labute approximate surface area is 122 Å². The predicted molar refractivity (Wildman–Crippen MR) is 76.4 cm³/mol. The van der Waals surface area contributed by atoms with Crippen LogP contribution in [0.3, 0.4) is 0 Å². The summed E-state index contributed by atoms with van der Waals surface area (Å²) in [7, 11) is 1.70. The third kappa shape index (κ3) is 4.04. The number of hydrogen-bond acceptors (Lipinski definition) is 7. The van der Waals surface area contributed by atoms with Gasteiger partial charge in [0, 0.05) is 7.05 Å². The van der Waals surface area contributed by atoms with E-state index in [4.69, 9.17) is 14.7 Å². The number of benzene rings is 1. The predicted octanol–water partition coefficient (Wildman–Crippen LogP) is 2.17. The molecular formula is C14H15N5O2. The molecule has 2 aromatic rings. The van der Waals surface area contributed by atoms with Crippen molar-refractivity contribution >= 4 is 5.95 Å². The van der Waals surface area contributed by atoms with Crippen LogP contribution in [0.4, 0.5) is 5.95 Å². The Morgan fingerprint density at radius 3 is 2.48 bits per heavy atom. The van der Waals surface area contributed by atoms with Crippen molar-refractivity contribution in [2.24, 2.45) is 0 Å². The highest BCUT2D eigenvalue weighted by atomic mass is 16.5. The van der Waals surface area contributed by atoms with Crippen LogP contribution in [0.5, 0.6) is 17.8 Å². The van der Waals surface area contributed by atoms with Crippen LogP contribution in [0.15, 0.2) is 24.3 Å². The summed E-state index contributed by atoms with van der Waals surface area (Å²) in [5, 5.41) is 11.5. The molecule has 0 aliphatic heterocycles. The molecule has 0 saturated carbocycles. The fourth-order valence-corrected chi connectivity index (χ4v) is 1.56. The van der Waals surface area contributed by atoms with E-state index < -0.39 is 0 Å². The van der Waals surface area contributed by atoms with Gasteiger partial charge in [-0.25, -0.2) is 0 Å². The Balaban J connectivity index is 2.18. The number of aromatic nitrogens is 3. The molecular weight excluding hydrogens is 270 g/mol. The van der Waals surface area contributed by atoms with E-state index in [0.29, 0.717) is 24.7 Å². The first-order valence-electron chi connectivity index (χ1n) is 6.45. The summed E-state index contributed by atoms with van der Waals surface area (Å²) < 4.78 is 10.8. The van der Waals surface area contributed by atoms with Gasteiger partial charge in [0.15, 0.2) is 0 Å². The smallest absolute Gasteiger partial charge is 0.330 e. The molecule has 0 spiro atoms. The number of hydrogen-bond donors (Lipinski definition) is 1. The zero-order chi connectivity index (χ0) is 15.1. The minimum absolute atomic E-state index is 0.144. The summed E-state index contributed by atoms with van der Waals surface area (Å²) in [5.74, 6) is 0.942. The second-order valence-corrected chi connectivity index (χ2v) is 3.99. The number of nitrogens with one attached hydrogen (secondary N) is 1. The van der Waals surface area contributed by atoms with Crippen molar-refractivity contribution in [3.05, 3.63) is 29.8 Å². The van der Waals surface area contributed by atoms with E-state index in [1.165, 1.54) is 0 Å². The van der Waals surface area contributed by atoms with Gasteiger partial charge in [-0.2, -0.15) is 15.2 Å². The lowest BCUT2D eigenvalue weighted by atomic mass is 10.2. The van der Waals surface area contributed by atoms with Crippen molar-refractivity contribution in [3.63, 3.8) is 0 Å². The Bertz CT molecular complexity index is 637. The molecule has 21 heavy (non-hydrogen) atoms. The number of rotatable bonds is 6. The van der Waals surface area contributed by atoms with Crippen molar-refractivity contribution in [1.29, 1.82) is 5.26 Å². The topological polar surface area (TPSA) is 93.0 Å². The Morgan fingerprint density at radius 1 is 1.14 bits per heavy atom. The molecule has 1 heterocycles. The molecule has 0 aliphatic rings. The van der Waals surface area contributed by atoms with Gasteiger partial charge in [-0.15, -0.1) is 4.98 Å². The van der Waals surface area contributed by atoms with E-state index in [-0.39, 0.29) is 12.0 Å².